The van der Waals surface area contributed by atoms with Crippen LogP contribution in [-0.4, -0.2) is 28.9 Å². The molecular formula is C20H24N2O. The minimum absolute atomic E-state index is 0.170. The van der Waals surface area contributed by atoms with E-state index in [1.807, 2.05) is 30.0 Å². The summed E-state index contributed by atoms with van der Waals surface area (Å²) in [7, 11) is 0. The van der Waals surface area contributed by atoms with Gasteiger partial charge in [-0.25, -0.2) is 0 Å². The minimum Gasteiger partial charge on any atom is -0.357 e. The van der Waals surface area contributed by atoms with Gasteiger partial charge in [-0.05, 0) is 31.4 Å². The summed E-state index contributed by atoms with van der Waals surface area (Å²) in [4.78, 5) is 18.8. The highest BCUT2D eigenvalue weighted by Gasteiger charge is 2.43. The van der Waals surface area contributed by atoms with Crippen LogP contribution in [0.25, 0.3) is 10.9 Å². The molecule has 1 aliphatic rings. The number of hydrogen-bond acceptors (Lipinski definition) is 1. The van der Waals surface area contributed by atoms with E-state index in [4.69, 9.17) is 0 Å². The fraction of sp³-hybridized carbons (Fsp3) is 0.350. The number of hydrogen-bond donors (Lipinski definition) is 1. The maximum Gasteiger partial charge on any atom is 0.238 e. The average molecular weight is 308 g/mol. The molecule has 2 aromatic rings. The van der Waals surface area contributed by atoms with Crippen LogP contribution >= 0.6 is 0 Å². The van der Waals surface area contributed by atoms with E-state index in [2.05, 4.69) is 42.8 Å². The van der Waals surface area contributed by atoms with Gasteiger partial charge in [-0.2, -0.15) is 0 Å². The lowest BCUT2D eigenvalue weighted by atomic mass is 9.78. The molecular weight excluding hydrogens is 284 g/mol. The quantitative estimate of drug-likeness (QED) is 0.853. The van der Waals surface area contributed by atoms with Gasteiger partial charge in [0.25, 0.3) is 0 Å². The van der Waals surface area contributed by atoms with E-state index in [1.165, 1.54) is 10.9 Å². The third-order valence-electron chi connectivity index (χ3n) is 4.92. The van der Waals surface area contributed by atoms with Crippen LogP contribution in [0.3, 0.4) is 0 Å². The van der Waals surface area contributed by atoms with Gasteiger partial charge >= 0.3 is 0 Å². The number of carbonyl (C=O) groups excluding carboxylic acids is 1. The lowest BCUT2D eigenvalue weighted by Crippen LogP contribution is -2.45. The van der Waals surface area contributed by atoms with Gasteiger partial charge in [0.1, 0.15) is 5.41 Å². The van der Waals surface area contributed by atoms with Crippen molar-refractivity contribution in [3.05, 3.63) is 60.3 Å². The zero-order chi connectivity index (χ0) is 16.4. The summed E-state index contributed by atoms with van der Waals surface area (Å²) in [6.45, 7) is 9.21. The molecule has 3 rings (SSSR count). The SMILES string of the molecule is C=CCN1CCc2c([nH]c3ccccc23)C(/C=C/C)(CC)C1=O. The van der Waals surface area contributed by atoms with Crippen LogP contribution in [0.15, 0.2) is 49.1 Å². The van der Waals surface area contributed by atoms with Gasteiger partial charge < -0.3 is 9.88 Å². The Morgan fingerprint density at radius 3 is 2.87 bits per heavy atom. The normalized spacial score (nSPS) is 21.7. The number of nitrogens with one attached hydrogen (secondary N) is 1. The molecule has 0 radical (unpaired) electrons. The number of amides is 1. The highest BCUT2D eigenvalue weighted by molar-refractivity contribution is 5.95. The predicted octanol–water partition coefficient (Wildman–Crippen LogP) is 3.96. The predicted molar refractivity (Wildman–Crippen MR) is 95.6 cm³/mol. The Labute approximate surface area is 137 Å². The zero-order valence-corrected chi connectivity index (χ0v) is 13.9. The molecule has 1 amide bonds. The smallest absolute Gasteiger partial charge is 0.238 e. The number of carbonyl (C=O) groups is 1. The van der Waals surface area contributed by atoms with Crippen LogP contribution in [-0.2, 0) is 16.6 Å². The third-order valence-corrected chi connectivity index (χ3v) is 4.92. The molecule has 1 N–H and O–H groups in total. The minimum atomic E-state index is -0.609. The molecule has 2 heterocycles. The molecule has 0 spiro atoms. The number of aromatic nitrogens is 1. The molecule has 3 nitrogen and oxygen atoms in total. The van der Waals surface area contributed by atoms with Crippen LogP contribution in [0.4, 0.5) is 0 Å². The average Bonchev–Trinajstić information content (AvgIpc) is 2.90. The van der Waals surface area contributed by atoms with E-state index < -0.39 is 5.41 Å². The fourth-order valence-electron chi connectivity index (χ4n) is 3.79. The van der Waals surface area contributed by atoms with Crippen molar-refractivity contribution in [1.82, 2.24) is 9.88 Å². The Kier molecular flexibility index (Phi) is 4.12. The Morgan fingerprint density at radius 2 is 2.17 bits per heavy atom. The first-order valence-electron chi connectivity index (χ1n) is 8.32. The van der Waals surface area contributed by atoms with Crippen LogP contribution in [0.5, 0.6) is 0 Å². The van der Waals surface area contributed by atoms with Crippen molar-refractivity contribution in [1.29, 1.82) is 0 Å². The molecule has 23 heavy (non-hydrogen) atoms. The van der Waals surface area contributed by atoms with E-state index in [1.54, 1.807) is 0 Å². The van der Waals surface area contributed by atoms with E-state index in [0.717, 1.165) is 30.6 Å². The maximum atomic E-state index is 13.3. The lowest BCUT2D eigenvalue weighted by molar-refractivity contribution is -0.135. The van der Waals surface area contributed by atoms with Crippen LogP contribution < -0.4 is 0 Å². The second kappa shape index (κ2) is 6.07. The van der Waals surface area contributed by atoms with Gasteiger partial charge in [0, 0.05) is 29.7 Å². The first-order chi connectivity index (χ1) is 11.2. The van der Waals surface area contributed by atoms with Crippen LogP contribution in [0, 0.1) is 0 Å². The summed E-state index contributed by atoms with van der Waals surface area (Å²) < 4.78 is 0. The number of H-pyrrole nitrogens is 1. The van der Waals surface area contributed by atoms with E-state index in [0.29, 0.717) is 6.54 Å². The molecule has 0 bridgehead atoms. The molecule has 3 heteroatoms. The number of allylic oxidation sites excluding steroid dienone is 1. The second-order valence-corrected chi connectivity index (χ2v) is 6.14. The number of rotatable bonds is 4. The summed E-state index contributed by atoms with van der Waals surface area (Å²) in [5.74, 6) is 0.170. The number of benzene rings is 1. The van der Waals surface area contributed by atoms with Crippen LogP contribution in [0.2, 0.25) is 0 Å². The van der Waals surface area contributed by atoms with Crippen molar-refractivity contribution < 1.29 is 4.79 Å². The first kappa shape index (κ1) is 15.6. The Bertz CT molecular complexity index is 771. The summed E-state index contributed by atoms with van der Waals surface area (Å²) >= 11 is 0. The van der Waals surface area contributed by atoms with Gasteiger partial charge in [0.05, 0.1) is 0 Å². The number of para-hydroxylation sites is 1. The number of fused-ring (bicyclic) bond motifs is 3. The van der Waals surface area contributed by atoms with E-state index >= 15 is 0 Å². The van der Waals surface area contributed by atoms with Gasteiger partial charge in [0.15, 0.2) is 0 Å². The Balaban J connectivity index is 2.27. The van der Waals surface area contributed by atoms with Crippen LogP contribution in [0.1, 0.15) is 31.5 Å². The second-order valence-electron chi connectivity index (χ2n) is 6.14. The molecule has 1 atom stereocenters. The summed E-state index contributed by atoms with van der Waals surface area (Å²) in [6.07, 6.45) is 7.48. The highest BCUT2D eigenvalue weighted by Crippen LogP contribution is 2.39. The monoisotopic (exact) mass is 308 g/mol. The van der Waals surface area contributed by atoms with Gasteiger partial charge in [-0.3, -0.25) is 4.79 Å². The molecule has 0 saturated carbocycles. The molecule has 0 fully saturated rings. The Hall–Kier alpha value is -2.29. The highest BCUT2D eigenvalue weighted by atomic mass is 16.2. The Morgan fingerprint density at radius 1 is 1.39 bits per heavy atom. The molecule has 1 aromatic carbocycles. The molecule has 1 aromatic heterocycles. The van der Waals surface area contributed by atoms with Gasteiger partial charge in [-0.1, -0.05) is 43.4 Å². The molecule has 120 valence electrons. The zero-order valence-electron chi connectivity index (χ0n) is 13.9. The van der Waals surface area contributed by atoms with Crippen molar-refractivity contribution in [3.8, 4) is 0 Å². The lowest BCUT2D eigenvalue weighted by Gasteiger charge is -2.31. The molecule has 1 aliphatic heterocycles. The van der Waals surface area contributed by atoms with Crippen molar-refractivity contribution >= 4 is 16.8 Å². The molecule has 0 saturated heterocycles. The van der Waals surface area contributed by atoms with E-state index in [9.17, 15) is 4.79 Å². The summed E-state index contributed by atoms with van der Waals surface area (Å²) in [6, 6.07) is 8.33. The van der Waals surface area contributed by atoms with Crippen molar-refractivity contribution in [3.63, 3.8) is 0 Å². The first-order valence-corrected chi connectivity index (χ1v) is 8.32. The summed E-state index contributed by atoms with van der Waals surface area (Å²) in [5.41, 5.74) is 2.85. The van der Waals surface area contributed by atoms with Gasteiger partial charge in [0.2, 0.25) is 5.91 Å². The fourth-order valence-corrected chi connectivity index (χ4v) is 3.79. The maximum absolute atomic E-state index is 13.3. The van der Waals surface area contributed by atoms with Crippen molar-refractivity contribution in [2.24, 2.45) is 0 Å². The molecule has 0 aliphatic carbocycles. The number of aromatic amines is 1. The van der Waals surface area contributed by atoms with Gasteiger partial charge in [-0.15, -0.1) is 6.58 Å². The third kappa shape index (κ3) is 2.31. The largest absolute Gasteiger partial charge is 0.357 e. The topological polar surface area (TPSA) is 36.1 Å². The van der Waals surface area contributed by atoms with Crippen molar-refractivity contribution in [2.75, 3.05) is 13.1 Å². The van der Waals surface area contributed by atoms with E-state index in [-0.39, 0.29) is 5.91 Å². The van der Waals surface area contributed by atoms with Crippen molar-refractivity contribution in [2.45, 2.75) is 32.1 Å². The standard InChI is InChI=1S/C20H24N2O/c1-4-12-20(6-3)18-16(11-14-22(13-5-2)19(20)23)15-9-7-8-10-17(15)21-18/h4-5,7-10,12,21H,2,6,11,13-14H2,1,3H3/b12-4+. The molecule has 1 unspecified atom stereocenters. The summed E-state index contributed by atoms with van der Waals surface area (Å²) in [5, 5.41) is 1.23. The number of nitrogens with zero attached hydrogens (tertiary/aromatic N) is 1.